The molecule has 5 heteroatoms. The van der Waals surface area contributed by atoms with Crippen LogP contribution in [-0.2, 0) is 0 Å². The molecule has 1 aliphatic carbocycles. The third-order valence-electron chi connectivity index (χ3n) is 3.77. The van der Waals surface area contributed by atoms with E-state index < -0.39 is 0 Å². The Bertz CT molecular complexity index is 527. The Hall–Kier alpha value is -0.940. The fraction of sp³-hybridized carbons (Fsp3) is 0.467. The van der Waals surface area contributed by atoms with Crippen molar-refractivity contribution in [3.63, 3.8) is 0 Å². The van der Waals surface area contributed by atoms with Crippen LogP contribution in [0.25, 0.3) is 0 Å². The number of nitrogens with zero attached hydrogens (tertiary/aromatic N) is 1. The van der Waals surface area contributed by atoms with Gasteiger partial charge in [-0.1, -0.05) is 41.0 Å². The molecule has 2 N–H and O–H groups in total. The van der Waals surface area contributed by atoms with Gasteiger partial charge in [-0.25, -0.2) is 0 Å². The Balaban J connectivity index is 2.27. The summed E-state index contributed by atoms with van der Waals surface area (Å²) in [6.45, 7) is 2.32. The van der Waals surface area contributed by atoms with Crippen LogP contribution < -0.4 is 5.73 Å². The molecule has 0 bridgehead atoms. The molecule has 1 saturated carbocycles. The minimum Gasteiger partial charge on any atom is -0.392 e. The standard InChI is InChI=1S/C15H19BrN2OS/c1-10-8-11(16)6-7-13(10)15(19)18(9-14(17)20)12-4-2-3-5-12/h6-8,12H,2-5,9H2,1H3,(H2,17,20). The van der Waals surface area contributed by atoms with E-state index in [9.17, 15) is 4.79 Å². The molecule has 108 valence electrons. The van der Waals surface area contributed by atoms with Gasteiger partial charge in [-0.05, 0) is 43.5 Å². The molecule has 0 saturated heterocycles. The summed E-state index contributed by atoms with van der Waals surface area (Å²) in [5, 5.41) is 0. The maximum atomic E-state index is 12.8. The van der Waals surface area contributed by atoms with E-state index in [1.165, 1.54) is 12.8 Å². The fourth-order valence-corrected chi connectivity index (χ4v) is 3.39. The maximum Gasteiger partial charge on any atom is 0.254 e. The Morgan fingerprint density at radius 2 is 2.10 bits per heavy atom. The highest BCUT2D eigenvalue weighted by Crippen LogP contribution is 2.26. The highest BCUT2D eigenvalue weighted by atomic mass is 79.9. The highest BCUT2D eigenvalue weighted by molar-refractivity contribution is 9.10. The van der Waals surface area contributed by atoms with Gasteiger partial charge in [0.1, 0.15) is 0 Å². The number of hydrogen-bond acceptors (Lipinski definition) is 2. The summed E-state index contributed by atoms with van der Waals surface area (Å²) < 4.78 is 0.980. The lowest BCUT2D eigenvalue weighted by Crippen LogP contribution is -2.43. The quantitative estimate of drug-likeness (QED) is 0.842. The van der Waals surface area contributed by atoms with Crippen molar-refractivity contribution in [2.24, 2.45) is 5.73 Å². The molecule has 0 atom stereocenters. The second kappa shape index (κ2) is 6.68. The largest absolute Gasteiger partial charge is 0.392 e. The summed E-state index contributed by atoms with van der Waals surface area (Å²) in [4.78, 5) is 15.0. The number of benzene rings is 1. The van der Waals surface area contributed by atoms with Crippen LogP contribution in [0.1, 0.15) is 41.6 Å². The van der Waals surface area contributed by atoms with Crippen molar-refractivity contribution in [2.75, 3.05) is 6.54 Å². The van der Waals surface area contributed by atoms with E-state index in [1.807, 2.05) is 30.0 Å². The number of carbonyl (C=O) groups is 1. The molecule has 1 aromatic carbocycles. The molecule has 0 heterocycles. The predicted octanol–water partition coefficient (Wildman–Crippen LogP) is 3.43. The van der Waals surface area contributed by atoms with Crippen LogP contribution in [0.3, 0.4) is 0 Å². The molecule has 3 nitrogen and oxygen atoms in total. The SMILES string of the molecule is Cc1cc(Br)ccc1C(=O)N(CC(N)=S)C1CCCC1. The molecule has 0 radical (unpaired) electrons. The summed E-state index contributed by atoms with van der Waals surface area (Å²) in [5.41, 5.74) is 7.37. The number of thiocarbonyl (C=S) groups is 1. The molecule has 2 rings (SSSR count). The van der Waals surface area contributed by atoms with Gasteiger partial charge >= 0.3 is 0 Å². The Kier molecular flexibility index (Phi) is 5.16. The van der Waals surface area contributed by atoms with Gasteiger partial charge in [-0.15, -0.1) is 0 Å². The summed E-state index contributed by atoms with van der Waals surface area (Å²) in [6.07, 6.45) is 4.43. The van der Waals surface area contributed by atoms with E-state index in [-0.39, 0.29) is 11.9 Å². The molecule has 1 aliphatic rings. The first-order valence-electron chi connectivity index (χ1n) is 6.84. The first kappa shape index (κ1) is 15.4. The molecular formula is C15H19BrN2OS. The Morgan fingerprint density at radius 1 is 1.45 bits per heavy atom. The van der Waals surface area contributed by atoms with E-state index in [4.69, 9.17) is 18.0 Å². The van der Waals surface area contributed by atoms with Gasteiger partial charge < -0.3 is 10.6 Å². The lowest BCUT2D eigenvalue weighted by molar-refractivity contribution is 0.0714. The second-order valence-electron chi connectivity index (χ2n) is 5.30. The van der Waals surface area contributed by atoms with Crippen LogP contribution in [0.2, 0.25) is 0 Å². The van der Waals surface area contributed by atoms with Crippen LogP contribution in [0.15, 0.2) is 22.7 Å². The number of nitrogens with two attached hydrogens (primary N) is 1. The third kappa shape index (κ3) is 3.58. The minimum absolute atomic E-state index is 0.0368. The molecule has 0 spiro atoms. The van der Waals surface area contributed by atoms with Crippen LogP contribution in [0, 0.1) is 6.92 Å². The zero-order valence-corrected chi connectivity index (χ0v) is 14.0. The van der Waals surface area contributed by atoms with Crippen molar-refractivity contribution >= 4 is 39.0 Å². The van der Waals surface area contributed by atoms with E-state index in [0.29, 0.717) is 11.5 Å². The molecule has 1 fully saturated rings. The van der Waals surface area contributed by atoms with Gasteiger partial charge in [-0.2, -0.15) is 0 Å². The summed E-state index contributed by atoms with van der Waals surface area (Å²) >= 11 is 8.43. The average Bonchev–Trinajstić information content (AvgIpc) is 2.88. The number of hydrogen-bond donors (Lipinski definition) is 1. The fourth-order valence-electron chi connectivity index (χ4n) is 2.77. The highest BCUT2D eigenvalue weighted by Gasteiger charge is 2.28. The number of rotatable bonds is 4. The van der Waals surface area contributed by atoms with Gasteiger partial charge in [0.15, 0.2) is 0 Å². The zero-order valence-electron chi connectivity index (χ0n) is 11.6. The minimum atomic E-state index is 0.0368. The van der Waals surface area contributed by atoms with Crippen molar-refractivity contribution in [1.29, 1.82) is 0 Å². The average molecular weight is 355 g/mol. The summed E-state index contributed by atoms with van der Waals surface area (Å²) in [5.74, 6) is 0.0368. The first-order chi connectivity index (χ1) is 9.49. The van der Waals surface area contributed by atoms with Gasteiger partial charge in [0, 0.05) is 16.1 Å². The van der Waals surface area contributed by atoms with Crippen LogP contribution in [0.4, 0.5) is 0 Å². The summed E-state index contributed by atoms with van der Waals surface area (Å²) in [7, 11) is 0. The molecule has 20 heavy (non-hydrogen) atoms. The van der Waals surface area contributed by atoms with Crippen molar-refractivity contribution in [2.45, 2.75) is 38.6 Å². The molecule has 1 amide bonds. The van der Waals surface area contributed by atoms with Gasteiger partial charge in [0.2, 0.25) is 0 Å². The second-order valence-corrected chi connectivity index (χ2v) is 6.74. The lowest BCUT2D eigenvalue weighted by Gasteiger charge is -2.29. The van der Waals surface area contributed by atoms with E-state index >= 15 is 0 Å². The number of carbonyl (C=O) groups excluding carboxylic acids is 1. The number of aryl methyl sites for hydroxylation is 1. The van der Waals surface area contributed by atoms with Gasteiger partial charge in [0.05, 0.1) is 11.5 Å². The third-order valence-corrected chi connectivity index (χ3v) is 4.39. The maximum absolute atomic E-state index is 12.8. The molecule has 0 unspecified atom stereocenters. The van der Waals surface area contributed by atoms with Crippen molar-refractivity contribution in [1.82, 2.24) is 4.90 Å². The van der Waals surface area contributed by atoms with E-state index in [1.54, 1.807) is 0 Å². The van der Waals surface area contributed by atoms with Crippen molar-refractivity contribution < 1.29 is 4.79 Å². The van der Waals surface area contributed by atoms with Crippen LogP contribution in [0.5, 0.6) is 0 Å². The predicted molar refractivity (Wildman–Crippen MR) is 89.0 cm³/mol. The van der Waals surface area contributed by atoms with Crippen molar-refractivity contribution in [3.05, 3.63) is 33.8 Å². The Morgan fingerprint density at radius 3 is 2.65 bits per heavy atom. The normalized spacial score (nSPS) is 15.3. The van der Waals surface area contributed by atoms with Gasteiger partial charge in [-0.3, -0.25) is 4.79 Å². The molecule has 1 aromatic rings. The Labute approximate surface area is 133 Å². The molecule has 0 aromatic heterocycles. The zero-order chi connectivity index (χ0) is 14.7. The lowest BCUT2D eigenvalue weighted by atomic mass is 10.1. The number of amides is 1. The topological polar surface area (TPSA) is 46.3 Å². The van der Waals surface area contributed by atoms with Crippen LogP contribution in [-0.4, -0.2) is 28.4 Å². The first-order valence-corrected chi connectivity index (χ1v) is 8.04. The number of halogens is 1. The monoisotopic (exact) mass is 354 g/mol. The summed E-state index contributed by atoms with van der Waals surface area (Å²) in [6, 6.07) is 5.99. The van der Waals surface area contributed by atoms with Gasteiger partial charge in [0.25, 0.3) is 5.91 Å². The van der Waals surface area contributed by atoms with Crippen LogP contribution >= 0.6 is 28.1 Å². The smallest absolute Gasteiger partial charge is 0.254 e. The van der Waals surface area contributed by atoms with Crippen molar-refractivity contribution in [3.8, 4) is 0 Å². The molecular weight excluding hydrogens is 336 g/mol. The molecule has 0 aliphatic heterocycles. The van der Waals surface area contributed by atoms with E-state index in [0.717, 1.165) is 28.4 Å². The van der Waals surface area contributed by atoms with E-state index in [2.05, 4.69) is 15.9 Å².